The summed E-state index contributed by atoms with van der Waals surface area (Å²) in [6, 6.07) is 7.74. The highest BCUT2D eigenvalue weighted by Gasteiger charge is 2.40. The van der Waals surface area contributed by atoms with Gasteiger partial charge in [0.05, 0.1) is 6.04 Å². The Kier molecular flexibility index (Phi) is 3.50. The number of carbonyl (C=O) groups excluding carboxylic acids is 1. The number of hydrogen-bond acceptors (Lipinski definition) is 2. The minimum absolute atomic E-state index is 0.00955. The van der Waals surface area contributed by atoms with Gasteiger partial charge in [-0.1, -0.05) is 30.7 Å². The molecule has 102 valence electrons. The highest BCUT2D eigenvalue weighted by atomic mass is 35.5. The molecule has 0 bridgehead atoms. The molecule has 1 heterocycles. The van der Waals surface area contributed by atoms with Gasteiger partial charge < -0.3 is 4.90 Å². The molecule has 4 heteroatoms. The predicted octanol–water partition coefficient (Wildman–Crippen LogP) is 2.96. The molecule has 1 amide bonds. The van der Waals surface area contributed by atoms with Gasteiger partial charge in [-0.05, 0) is 42.9 Å². The maximum atomic E-state index is 12.4. The first-order valence-electron chi connectivity index (χ1n) is 7.01. The number of nitrogens with one attached hydrogen (secondary N) is 1. The van der Waals surface area contributed by atoms with Crippen molar-refractivity contribution in [1.29, 1.82) is 0 Å². The van der Waals surface area contributed by atoms with Crippen LogP contribution in [0.1, 0.15) is 37.9 Å². The summed E-state index contributed by atoms with van der Waals surface area (Å²) in [6.07, 6.45) is 3.36. The molecule has 0 spiro atoms. The summed E-state index contributed by atoms with van der Waals surface area (Å²) in [5.74, 6) is 0.950. The number of amides is 1. The quantitative estimate of drug-likeness (QED) is 0.918. The lowest BCUT2D eigenvalue weighted by molar-refractivity contribution is -0.130. The van der Waals surface area contributed by atoms with Gasteiger partial charge in [-0.3, -0.25) is 10.1 Å². The molecule has 1 aliphatic carbocycles. The van der Waals surface area contributed by atoms with E-state index in [1.165, 1.54) is 12.8 Å². The summed E-state index contributed by atoms with van der Waals surface area (Å²) in [5, 5.41) is 4.17. The van der Waals surface area contributed by atoms with E-state index >= 15 is 0 Å². The van der Waals surface area contributed by atoms with E-state index in [4.69, 9.17) is 11.6 Å². The van der Waals surface area contributed by atoms with E-state index in [1.54, 1.807) is 0 Å². The molecule has 2 atom stereocenters. The SMILES string of the molecule is CCC1NC(c2ccc(Cl)cc2)N(CC2CC2)C1=O. The summed E-state index contributed by atoms with van der Waals surface area (Å²) in [6.45, 7) is 2.94. The van der Waals surface area contributed by atoms with E-state index in [1.807, 2.05) is 29.2 Å². The second kappa shape index (κ2) is 5.14. The van der Waals surface area contributed by atoms with E-state index in [-0.39, 0.29) is 18.1 Å². The maximum absolute atomic E-state index is 12.4. The summed E-state index contributed by atoms with van der Waals surface area (Å²) in [4.78, 5) is 14.4. The van der Waals surface area contributed by atoms with Crippen LogP contribution in [0.2, 0.25) is 5.02 Å². The standard InChI is InChI=1S/C15H19ClN2O/c1-2-13-15(19)18(9-10-3-4-10)14(17-13)11-5-7-12(16)8-6-11/h5-8,10,13-14,17H,2-4,9H2,1H3. The molecule has 2 fully saturated rings. The van der Waals surface area contributed by atoms with Gasteiger partial charge in [-0.15, -0.1) is 0 Å². The fourth-order valence-electron chi connectivity index (χ4n) is 2.67. The minimum atomic E-state index is -0.0422. The van der Waals surface area contributed by atoms with Crippen LogP contribution in [-0.2, 0) is 4.79 Å². The average Bonchev–Trinajstić information content (AvgIpc) is 3.17. The van der Waals surface area contributed by atoms with Crippen LogP contribution in [0, 0.1) is 5.92 Å². The van der Waals surface area contributed by atoms with Gasteiger partial charge >= 0.3 is 0 Å². The number of benzene rings is 1. The van der Waals surface area contributed by atoms with Gasteiger partial charge in [0.2, 0.25) is 5.91 Å². The zero-order valence-corrected chi connectivity index (χ0v) is 11.9. The van der Waals surface area contributed by atoms with E-state index in [2.05, 4.69) is 12.2 Å². The lowest BCUT2D eigenvalue weighted by atomic mass is 10.1. The van der Waals surface area contributed by atoms with Gasteiger partial charge in [0.25, 0.3) is 0 Å². The Balaban J connectivity index is 1.84. The highest BCUT2D eigenvalue weighted by Crippen LogP contribution is 2.35. The third-order valence-corrected chi connectivity index (χ3v) is 4.25. The molecule has 2 unspecified atom stereocenters. The molecular weight excluding hydrogens is 260 g/mol. The third-order valence-electron chi connectivity index (χ3n) is 4.00. The first kappa shape index (κ1) is 12.9. The van der Waals surface area contributed by atoms with Crippen molar-refractivity contribution in [3.8, 4) is 0 Å². The molecule has 1 aromatic carbocycles. The second-order valence-electron chi connectivity index (χ2n) is 5.52. The molecule has 19 heavy (non-hydrogen) atoms. The fourth-order valence-corrected chi connectivity index (χ4v) is 2.79. The Morgan fingerprint density at radius 3 is 2.58 bits per heavy atom. The van der Waals surface area contributed by atoms with E-state index < -0.39 is 0 Å². The van der Waals surface area contributed by atoms with Crippen molar-refractivity contribution in [3.63, 3.8) is 0 Å². The molecule has 1 N–H and O–H groups in total. The van der Waals surface area contributed by atoms with Gasteiger partial charge in [0, 0.05) is 11.6 Å². The van der Waals surface area contributed by atoms with Crippen molar-refractivity contribution in [3.05, 3.63) is 34.9 Å². The number of halogens is 1. The van der Waals surface area contributed by atoms with Crippen LogP contribution >= 0.6 is 11.6 Å². The van der Waals surface area contributed by atoms with Crippen LogP contribution in [-0.4, -0.2) is 23.4 Å². The van der Waals surface area contributed by atoms with Crippen LogP contribution < -0.4 is 5.32 Å². The van der Waals surface area contributed by atoms with Crippen LogP contribution in [0.3, 0.4) is 0 Å². The van der Waals surface area contributed by atoms with Gasteiger partial charge in [-0.25, -0.2) is 0 Å². The Morgan fingerprint density at radius 2 is 2.00 bits per heavy atom. The van der Waals surface area contributed by atoms with Crippen molar-refractivity contribution in [2.75, 3.05) is 6.54 Å². The minimum Gasteiger partial charge on any atom is -0.321 e. The van der Waals surface area contributed by atoms with Crippen molar-refractivity contribution >= 4 is 17.5 Å². The molecule has 3 nitrogen and oxygen atoms in total. The molecule has 1 aliphatic heterocycles. The molecule has 1 aromatic rings. The molecule has 1 saturated carbocycles. The number of nitrogens with zero attached hydrogens (tertiary/aromatic N) is 1. The van der Waals surface area contributed by atoms with E-state index in [9.17, 15) is 4.79 Å². The summed E-state index contributed by atoms with van der Waals surface area (Å²) in [7, 11) is 0. The molecular formula is C15H19ClN2O. The van der Waals surface area contributed by atoms with Crippen molar-refractivity contribution in [2.24, 2.45) is 5.92 Å². The Hall–Kier alpha value is -1.06. The normalized spacial score (nSPS) is 27.1. The van der Waals surface area contributed by atoms with Gasteiger partial charge in [0.1, 0.15) is 6.17 Å². The Bertz CT molecular complexity index is 470. The first-order valence-corrected chi connectivity index (χ1v) is 7.39. The van der Waals surface area contributed by atoms with Crippen LogP contribution in [0.15, 0.2) is 24.3 Å². The second-order valence-corrected chi connectivity index (χ2v) is 5.95. The number of carbonyl (C=O) groups is 1. The van der Waals surface area contributed by atoms with Crippen molar-refractivity contribution in [2.45, 2.75) is 38.4 Å². The molecule has 0 radical (unpaired) electrons. The zero-order valence-electron chi connectivity index (χ0n) is 11.1. The van der Waals surface area contributed by atoms with E-state index in [0.717, 1.165) is 23.6 Å². The van der Waals surface area contributed by atoms with Crippen LogP contribution in [0.25, 0.3) is 0 Å². The number of hydrogen-bond donors (Lipinski definition) is 1. The summed E-state index contributed by atoms with van der Waals surface area (Å²) >= 11 is 5.93. The lowest BCUT2D eigenvalue weighted by Crippen LogP contribution is -2.32. The predicted molar refractivity (Wildman–Crippen MR) is 75.8 cm³/mol. The monoisotopic (exact) mass is 278 g/mol. The van der Waals surface area contributed by atoms with Crippen molar-refractivity contribution < 1.29 is 4.79 Å². The van der Waals surface area contributed by atoms with Gasteiger partial charge in [0.15, 0.2) is 0 Å². The Labute approximate surface area is 118 Å². The lowest BCUT2D eigenvalue weighted by Gasteiger charge is -2.24. The van der Waals surface area contributed by atoms with E-state index in [0.29, 0.717) is 5.92 Å². The van der Waals surface area contributed by atoms with Crippen LogP contribution in [0.4, 0.5) is 0 Å². The topological polar surface area (TPSA) is 32.3 Å². The van der Waals surface area contributed by atoms with Gasteiger partial charge in [-0.2, -0.15) is 0 Å². The van der Waals surface area contributed by atoms with Crippen LogP contribution in [0.5, 0.6) is 0 Å². The zero-order chi connectivity index (χ0) is 13.4. The first-order chi connectivity index (χ1) is 9.19. The molecule has 3 rings (SSSR count). The highest BCUT2D eigenvalue weighted by molar-refractivity contribution is 6.30. The van der Waals surface area contributed by atoms with Crippen molar-refractivity contribution in [1.82, 2.24) is 10.2 Å². The number of rotatable bonds is 4. The summed E-state index contributed by atoms with van der Waals surface area (Å²) < 4.78 is 0. The fraction of sp³-hybridized carbons (Fsp3) is 0.533. The third kappa shape index (κ3) is 2.63. The smallest absolute Gasteiger partial charge is 0.241 e. The maximum Gasteiger partial charge on any atom is 0.241 e. The average molecular weight is 279 g/mol. The Morgan fingerprint density at radius 1 is 1.32 bits per heavy atom. The molecule has 0 aromatic heterocycles. The molecule has 1 saturated heterocycles. The largest absolute Gasteiger partial charge is 0.321 e. The molecule has 2 aliphatic rings. The summed E-state index contributed by atoms with van der Waals surface area (Å²) in [5.41, 5.74) is 1.12.